The van der Waals surface area contributed by atoms with Gasteiger partial charge in [0.15, 0.2) is 6.61 Å². The van der Waals surface area contributed by atoms with E-state index in [4.69, 9.17) is 16.3 Å². The summed E-state index contributed by atoms with van der Waals surface area (Å²) >= 11 is 5.90. The standard InChI is InChI=1S/C31H24ClF3N2O5/c32-23-10-9-19(31(33,34)35)14-24(23)36-25(38)15-42-30(41)17-7-4-8-20(11-17)37-28(39)26-18-12-21(16-5-2-1-3-6-16)22(13-18)27(26)29(37)40/h1-11,14,18,21-22,26-27H,12-13,15H2,(H,36,38)/t18-,21-,22+,26+,27-/m0/s1. The molecule has 7 nitrogen and oxygen atoms in total. The van der Waals surface area contributed by atoms with Crippen molar-refractivity contribution in [3.63, 3.8) is 0 Å². The van der Waals surface area contributed by atoms with E-state index in [9.17, 15) is 32.3 Å². The number of hydrogen-bond donors (Lipinski definition) is 1. The predicted molar refractivity (Wildman–Crippen MR) is 147 cm³/mol. The molecule has 11 heteroatoms. The number of fused-ring (bicyclic) bond motifs is 5. The summed E-state index contributed by atoms with van der Waals surface area (Å²) in [7, 11) is 0. The summed E-state index contributed by atoms with van der Waals surface area (Å²) in [5.41, 5.74) is 0.125. The minimum atomic E-state index is -4.64. The first-order valence-corrected chi connectivity index (χ1v) is 13.8. The Morgan fingerprint density at radius 2 is 1.67 bits per heavy atom. The third-order valence-electron chi connectivity index (χ3n) is 8.49. The highest BCUT2D eigenvalue weighted by atomic mass is 35.5. The summed E-state index contributed by atoms with van der Waals surface area (Å²) in [6.07, 6.45) is -2.95. The van der Waals surface area contributed by atoms with Crippen molar-refractivity contribution in [1.82, 2.24) is 0 Å². The van der Waals surface area contributed by atoms with Crippen molar-refractivity contribution in [2.24, 2.45) is 23.7 Å². The molecule has 0 aromatic heterocycles. The van der Waals surface area contributed by atoms with E-state index >= 15 is 0 Å². The number of ether oxygens (including phenoxy) is 1. The van der Waals surface area contributed by atoms with Crippen molar-refractivity contribution in [1.29, 1.82) is 0 Å². The molecule has 216 valence electrons. The normalized spacial score (nSPS) is 24.6. The highest BCUT2D eigenvalue weighted by Crippen LogP contribution is 2.61. The van der Waals surface area contributed by atoms with Crippen molar-refractivity contribution < 1.29 is 37.1 Å². The lowest BCUT2D eigenvalue weighted by atomic mass is 9.73. The van der Waals surface area contributed by atoms with Crippen LogP contribution in [-0.2, 0) is 25.3 Å². The van der Waals surface area contributed by atoms with Crippen LogP contribution in [-0.4, -0.2) is 30.3 Å². The molecule has 2 saturated carbocycles. The number of hydrogen-bond acceptors (Lipinski definition) is 5. The van der Waals surface area contributed by atoms with Gasteiger partial charge in [-0.05, 0) is 72.6 Å². The molecule has 1 heterocycles. The van der Waals surface area contributed by atoms with Crippen molar-refractivity contribution in [3.05, 3.63) is 94.5 Å². The fourth-order valence-corrected chi connectivity index (χ4v) is 6.93. The van der Waals surface area contributed by atoms with Gasteiger partial charge in [0.1, 0.15) is 0 Å². The largest absolute Gasteiger partial charge is 0.452 e. The van der Waals surface area contributed by atoms with Gasteiger partial charge in [-0.1, -0.05) is 48.0 Å². The molecule has 1 N–H and O–H groups in total. The van der Waals surface area contributed by atoms with Gasteiger partial charge in [0.05, 0.1) is 39.4 Å². The molecule has 42 heavy (non-hydrogen) atoms. The van der Waals surface area contributed by atoms with Crippen LogP contribution in [0.2, 0.25) is 5.02 Å². The molecule has 6 rings (SSSR count). The molecule has 3 aliphatic rings. The summed E-state index contributed by atoms with van der Waals surface area (Å²) in [5.74, 6) is -2.76. The zero-order chi connectivity index (χ0) is 29.8. The zero-order valence-corrected chi connectivity index (χ0v) is 22.7. The van der Waals surface area contributed by atoms with E-state index in [2.05, 4.69) is 17.4 Å². The number of carbonyl (C=O) groups is 4. The van der Waals surface area contributed by atoms with Gasteiger partial charge in [0.25, 0.3) is 5.91 Å². The van der Waals surface area contributed by atoms with Crippen LogP contribution in [0.1, 0.15) is 40.2 Å². The molecular formula is C31H24ClF3N2O5. The second kappa shape index (κ2) is 10.6. The minimum absolute atomic E-state index is 0.000180. The highest BCUT2D eigenvalue weighted by Gasteiger charge is 2.64. The number of anilines is 2. The topological polar surface area (TPSA) is 92.8 Å². The number of carbonyl (C=O) groups excluding carboxylic acids is 4. The molecule has 3 amide bonds. The Hall–Kier alpha value is -4.18. The van der Waals surface area contributed by atoms with Gasteiger partial charge in [0.2, 0.25) is 11.8 Å². The Kier molecular flexibility index (Phi) is 7.04. The fraction of sp³-hybridized carbons (Fsp3) is 0.290. The predicted octanol–water partition coefficient (Wildman–Crippen LogP) is 6.08. The lowest BCUT2D eigenvalue weighted by Gasteiger charge is -2.28. The number of amides is 3. The maximum Gasteiger partial charge on any atom is 0.416 e. The summed E-state index contributed by atoms with van der Waals surface area (Å²) < 4.78 is 44.0. The number of halogens is 4. The van der Waals surface area contributed by atoms with Gasteiger partial charge < -0.3 is 10.1 Å². The molecule has 3 fully saturated rings. The Morgan fingerprint density at radius 1 is 0.929 bits per heavy atom. The van der Waals surface area contributed by atoms with Gasteiger partial charge in [-0.2, -0.15) is 13.2 Å². The molecule has 2 aliphatic carbocycles. The molecular weight excluding hydrogens is 573 g/mol. The van der Waals surface area contributed by atoms with Crippen LogP contribution in [0.15, 0.2) is 72.8 Å². The number of nitrogens with one attached hydrogen (secondary N) is 1. The Bertz CT molecular complexity index is 1590. The second-order valence-corrected chi connectivity index (χ2v) is 11.3. The first-order valence-electron chi connectivity index (χ1n) is 13.4. The van der Waals surface area contributed by atoms with E-state index in [0.29, 0.717) is 6.07 Å². The Morgan fingerprint density at radius 3 is 2.40 bits per heavy atom. The number of rotatable bonds is 6. The highest BCUT2D eigenvalue weighted by molar-refractivity contribution is 6.33. The molecule has 3 aromatic carbocycles. The smallest absolute Gasteiger partial charge is 0.416 e. The first kappa shape index (κ1) is 28.0. The number of nitrogens with zero attached hydrogens (tertiary/aromatic N) is 1. The third kappa shape index (κ3) is 4.93. The molecule has 0 spiro atoms. The van der Waals surface area contributed by atoms with E-state index in [1.54, 1.807) is 6.07 Å². The molecule has 5 atom stereocenters. The van der Waals surface area contributed by atoms with Crippen LogP contribution in [0.5, 0.6) is 0 Å². The third-order valence-corrected chi connectivity index (χ3v) is 8.82. The Labute approximate surface area is 243 Å². The van der Waals surface area contributed by atoms with Gasteiger partial charge in [-0.15, -0.1) is 0 Å². The van der Waals surface area contributed by atoms with Gasteiger partial charge in [-0.3, -0.25) is 19.3 Å². The Balaban J connectivity index is 1.12. The van der Waals surface area contributed by atoms with Gasteiger partial charge in [-0.25, -0.2) is 4.79 Å². The van der Waals surface area contributed by atoms with Crippen LogP contribution < -0.4 is 10.2 Å². The maximum atomic E-state index is 13.6. The van der Waals surface area contributed by atoms with Gasteiger partial charge in [0, 0.05) is 0 Å². The second-order valence-electron chi connectivity index (χ2n) is 10.8. The minimum Gasteiger partial charge on any atom is -0.452 e. The van der Waals surface area contributed by atoms with E-state index < -0.39 is 36.1 Å². The fourth-order valence-electron chi connectivity index (χ4n) is 6.77. The number of benzene rings is 3. The van der Waals surface area contributed by atoms with Crippen LogP contribution >= 0.6 is 11.6 Å². The molecule has 0 radical (unpaired) electrons. The summed E-state index contributed by atoms with van der Waals surface area (Å²) in [6.45, 7) is -0.800. The van der Waals surface area contributed by atoms with Gasteiger partial charge >= 0.3 is 12.1 Å². The quantitative estimate of drug-likeness (QED) is 0.275. The van der Waals surface area contributed by atoms with E-state index in [-0.39, 0.29) is 57.4 Å². The zero-order valence-electron chi connectivity index (χ0n) is 21.9. The summed E-state index contributed by atoms with van der Waals surface area (Å²) in [4.78, 5) is 53.3. The SMILES string of the molecule is O=C(COC(=O)c1cccc(N2C(=O)[C@@H]3[C@@H]4C[C@@H]([C@@H]3C2=O)[C@H](c2ccccc2)C4)c1)Nc1cc(C(F)(F)F)ccc1Cl. The molecule has 1 aliphatic heterocycles. The van der Waals surface area contributed by atoms with E-state index in [1.165, 1.54) is 23.8 Å². The van der Waals surface area contributed by atoms with E-state index in [0.717, 1.165) is 29.9 Å². The number of imide groups is 1. The maximum absolute atomic E-state index is 13.6. The summed E-state index contributed by atoms with van der Waals surface area (Å²) in [6, 6.07) is 18.3. The van der Waals surface area contributed by atoms with Crippen molar-refractivity contribution in [2.45, 2.75) is 24.9 Å². The van der Waals surface area contributed by atoms with Crippen molar-refractivity contribution >= 4 is 46.7 Å². The van der Waals surface area contributed by atoms with Crippen LogP contribution in [0.25, 0.3) is 0 Å². The average Bonchev–Trinajstić information content (AvgIpc) is 3.64. The van der Waals surface area contributed by atoms with Crippen molar-refractivity contribution in [3.8, 4) is 0 Å². The average molecular weight is 597 g/mol. The first-order chi connectivity index (χ1) is 20.0. The molecule has 1 saturated heterocycles. The monoisotopic (exact) mass is 596 g/mol. The molecule has 0 unspecified atom stereocenters. The van der Waals surface area contributed by atoms with Crippen LogP contribution in [0.3, 0.4) is 0 Å². The van der Waals surface area contributed by atoms with Crippen molar-refractivity contribution in [2.75, 3.05) is 16.8 Å². The molecule has 2 bridgehead atoms. The number of alkyl halides is 3. The number of esters is 1. The van der Waals surface area contributed by atoms with E-state index in [1.807, 2.05) is 18.2 Å². The lowest BCUT2D eigenvalue weighted by Crippen LogP contribution is -2.33. The lowest BCUT2D eigenvalue weighted by molar-refractivity contribution is -0.137. The molecule has 3 aromatic rings. The summed E-state index contributed by atoms with van der Waals surface area (Å²) in [5, 5.41) is 2.08. The van der Waals surface area contributed by atoms with Crippen LogP contribution in [0.4, 0.5) is 24.5 Å². The van der Waals surface area contributed by atoms with Crippen LogP contribution in [0, 0.1) is 23.7 Å².